The van der Waals surface area contributed by atoms with Gasteiger partial charge in [-0.1, -0.05) is 6.07 Å². The molecular weight excluding hydrogens is 222 g/mol. The third-order valence-electron chi connectivity index (χ3n) is 4.26. The number of hydrogen-bond donors (Lipinski definition) is 1. The molecule has 1 aromatic carbocycles. The van der Waals surface area contributed by atoms with Crippen molar-refractivity contribution in [2.75, 3.05) is 24.5 Å². The fourth-order valence-electron chi connectivity index (χ4n) is 3.00. The van der Waals surface area contributed by atoms with Gasteiger partial charge in [0.05, 0.1) is 5.52 Å². The van der Waals surface area contributed by atoms with Crippen LogP contribution < -0.4 is 10.6 Å². The van der Waals surface area contributed by atoms with Crippen molar-refractivity contribution in [3.63, 3.8) is 0 Å². The molecule has 3 heteroatoms. The molecule has 1 atom stereocenters. The van der Waals surface area contributed by atoms with Gasteiger partial charge in [-0.3, -0.25) is 0 Å². The van der Waals surface area contributed by atoms with Crippen molar-refractivity contribution in [2.45, 2.75) is 13.3 Å². The normalized spacial score (nSPS) is 19.9. The smallest absolute Gasteiger partial charge is 0.0500 e. The maximum Gasteiger partial charge on any atom is 0.0500 e. The predicted octanol–water partition coefficient (Wildman–Crippen LogP) is 2.27. The van der Waals surface area contributed by atoms with Gasteiger partial charge >= 0.3 is 0 Å². The second-order valence-corrected chi connectivity index (χ2v) is 5.39. The number of hydrogen-bond acceptors (Lipinski definition) is 2. The van der Waals surface area contributed by atoms with Crippen LogP contribution in [0.3, 0.4) is 0 Å². The van der Waals surface area contributed by atoms with Gasteiger partial charge in [-0.15, -0.1) is 0 Å². The average molecular weight is 243 g/mol. The monoisotopic (exact) mass is 243 g/mol. The Morgan fingerprint density at radius 3 is 2.94 bits per heavy atom. The minimum Gasteiger partial charge on any atom is -0.371 e. The lowest BCUT2D eigenvalue weighted by atomic mass is 10.1. The summed E-state index contributed by atoms with van der Waals surface area (Å²) in [6.45, 7) is 5.20. The number of aryl methyl sites for hydroxylation is 2. The SMILES string of the molecule is Cc1cc2c(N3CCC(CN)C3)cccc2n1C. The zero-order chi connectivity index (χ0) is 12.7. The molecule has 18 heavy (non-hydrogen) atoms. The van der Waals surface area contributed by atoms with Crippen LogP contribution in [0.25, 0.3) is 10.9 Å². The van der Waals surface area contributed by atoms with Crippen LogP contribution in [0.2, 0.25) is 0 Å². The first-order valence-corrected chi connectivity index (χ1v) is 6.70. The largest absolute Gasteiger partial charge is 0.371 e. The summed E-state index contributed by atoms with van der Waals surface area (Å²) in [5, 5.41) is 1.37. The van der Waals surface area contributed by atoms with Crippen LogP contribution in [-0.4, -0.2) is 24.2 Å². The molecule has 1 aliphatic heterocycles. The highest BCUT2D eigenvalue weighted by molar-refractivity contribution is 5.93. The van der Waals surface area contributed by atoms with Crippen LogP contribution in [-0.2, 0) is 7.05 Å². The van der Waals surface area contributed by atoms with Crippen molar-refractivity contribution in [2.24, 2.45) is 18.7 Å². The first-order valence-electron chi connectivity index (χ1n) is 6.70. The number of nitrogens with zero attached hydrogens (tertiary/aromatic N) is 2. The maximum atomic E-state index is 5.78. The van der Waals surface area contributed by atoms with E-state index in [9.17, 15) is 0 Å². The third kappa shape index (κ3) is 1.70. The number of anilines is 1. The Kier molecular flexibility index (Phi) is 2.78. The Bertz CT molecular complexity index is 570. The summed E-state index contributed by atoms with van der Waals surface area (Å²) in [7, 11) is 2.13. The van der Waals surface area contributed by atoms with Crippen LogP contribution >= 0.6 is 0 Å². The van der Waals surface area contributed by atoms with Gasteiger partial charge in [0.2, 0.25) is 0 Å². The summed E-state index contributed by atoms with van der Waals surface area (Å²) in [6.07, 6.45) is 1.22. The van der Waals surface area contributed by atoms with Gasteiger partial charge in [0.25, 0.3) is 0 Å². The molecule has 1 saturated heterocycles. The summed E-state index contributed by atoms with van der Waals surface area (Å²) in [6, 6.07) is 8.89. The number of rotatable bonds is 2. The number of nitrogens with two attached hydrogens (primary N) is 1. The fourth-order valence-corrected chi connectivity index (χ4v) is 3.00. The Labute approximate surface area is 108 Å². The summed E-state index contributed by atoms with van der Waals surface area (Å²) < 4.78 is 2.26. The van der Waals surface area contributed by atoms with E-state index in [1.807, 2.05) is 0 Å². The van der Waals surface area contributed by atoms with Gasteiger partial charge in [0.1, 0.15) is 0 Å². The second-order valence-electron chi connectivity index (χ2n) is 5.39. The molecule has 0 amide bonds. The standard InChI is InChI=1S/C15H21N3/c1-11-8-13-14(17(11)2)4-3-5-15(13)18-7-6-12(9-16)10-18/h3-5,8,12H,6-7,9-10,16H2,1-2H3. The van der Waals surface area contributed by atoms with E-state index >= 15 is 0 Å². The molecule has 0 radical (unpaired) electrons. The molecule has 2 N–H and O–H groups in total. The summed E-state index contributed by atoms with van der Waals surface area (Å²) in [4.78, 5) is 2.49. The molecule has 2 heterocycles. The van der Waals surface area contributed by atoms with Gasteiger partial charge < -0.3 is 15.2 Å². The number of aromatic nitrogens is 1. The highest BCUT2D eigenvalue weighted by Gasteiger charge is 2.23. The third-order valence-corrected chi connectivity index (χ3v) is 4.26. The van der Waals surface area contributed by atoms with Crippen molar-refractivity contribution in [3.05, 3.63) is 30.0 Å². The number of fused-ring (bicyclic) bond motifs is 1. The van der Waals surface area contributed by atoms with Crippen molar-refractivity contribution in [3.8, 4) is 0 Å². The van der Waals surface area contributed by atoms with Gasteiger partial charge in [-0.25, -0.2) is 0 Å². The molecule has 1 aromatic heterocycles. The molecule has 3 nitrogen and oxygen atoms in total. The highest BCUT2D eigenvalue weighted by atomic mass is 15.2. The van der Waals surface area contributed by atoms with E-state index in [-0.39, 0.29) is 0 Å². The minimum absolute atomic E-state index is 0.657. The second kappa shape index (κ2) is 4.32. The van der Waals surface area contributed by atoms with E-state index in [1.54, 1.807) is 0 Å². The van der Waals surface area contributed by atoms with Crippen molar-refractivity contribution < 1.29 is 0 Å². The van der Waals surface area contributed by atoms with Crippen LogP contribution in [0.4, 0.5) is 5.69 Å². The predicted molar refractivity (Wildman–Crippen MR) is 77.0 cm³/mol. The summed E-state index contributed by atoms with van der Waals surface area (Å²) >= 11 is 0. The van der Waals surface area contributed by atoms with E-state index in [0.717, 1.165) is 19.6 Å². The zero-order valence-electron chi connectivity index (χ0n) is 11.2. The molecule has 96 valence electrons. The van der Waals surface area contributed by atoms with Gasteiger partial charge in [0.15, 0.2) is 0 Å². The van der Waals surface area contributed by atoms with E-state index in [4.69, 9.17) is 5.73 Å². The van der Waals surface area contributed by atoms with E-state index in [1.165, 1.54) is 28.7 Å². The topological polar surface area (TPSA) is 34.2 Å². The first kappa shape index (κ1) is 11.6. The fraction of sp³-hybridized carbons (Fsp3) is 0.467. The molecule has 0 saturated carbocycles. The molecular formula is C15H21N3. The van der Waals surface area contributed by atoms with Gasteiger partial charge in [-0.05, 0) is 44.0 Å². The molecule has 0 spiro atoms. The van der Waals surface area contributed by atoms with Crippen LogP contribution in [0, 0.1) is 12.8 Å². The van der Waals surface area contributed by atoms with Crippen LogP contribution in [0.1, 0.15) is 12.1 Å². The van der Waals surface area contributed by atoms with Gasteiger partial charge in [-0.2, -0.15) is 0 Å². The molecule has 2 aromatic rings. The summed E-state index contributed by atoms with van der Waals surface area (Å²) in [5.41, 5.74) is 9.78. The van der Waals surface area contributed by atoms with Gasteiger partial charge in [0, 0.05) is 36.9 Å². The van der Waals surface area contributed by atoms with Crippen LogP contribution in [0.5, 0.6) is 0 Å². The van der Waals surface area contributed by atoms with E-state index in [0.29, 0.717) is 5.92 Å². The Morgan fingerprint density at radius 2 is 2.22 bits per heavy atom. The van der Waals surface area contributed by atoms with E-state index < -0.39 is 0 Å². The molecule has 0 aliphatic carbocycles. The molecule has 1 aliphatic rings. The molecule has 1 fully saturated rings. The lowest BCUT2D eigenvalue weighted by molar-refractivity contribution is 0.603. The van der Waals surface area contributed by atoms with Crippen molar-refractivity contribution >= 4 is 16.6 Å². The lowest BCUT2D eigenvalue weighted by Crippen LogP contribution is -2.22. The first-order chi connectivity index (χ1) is 8.70. The Balaban J connectivity index is 2.05. The minimum atomic E-state index is 0.657. The quantitative estimate of drug-likeness (QED) is 0.878. The van der Waals surface area contributed by atoms with Crippen LogP contribution in [0.15, 0.2) is 24.3 Å². The molecule has 0 bridgehead atoms. The Hall–Kier alpha value is -1.48. The molecule has 1 unspecified atom stereocenters. The maximum absolute atomic E-state index is 5.78. The van der Waals surface area contributed by atoms with Crippen molar-refractivity contribution in [1.29, 1.82) is 0 Å². The van der Waals surface area contributed by atoms with E-state index in [2.05, 4.69) is 47.7 Å². The summed E-state index contributed by atoms with van der Waals surface area (Å²) in [5.74, 6) is 0.657. The number of benzene rings is 1. The lowest BCUT2D eigenvalue weighted by Gasteiger charge is -2.19. The highest BCUT2D eigenvalue weighted by Crippen LogP contribution is 2.32. The van der Waals surface area contributed by atoms with Crippen molar-refractivity contribution in [1.82, 2.24) is 4.57 Å². The average Bonchev–Trinajstić information content (AvgIpc) is 2.96. The molecule has 3 rings (SSSR count). The Morgan fingerprint density at radius 1 is 1.39 bits per heavy atom. The zero-order valence-corrected chi connectivity index (χ0v) is 11.2.